The fraction of sp³-hybridized carbons (Fsp3) is 0. The van der Waals surface area contributed by atoms with E-state index in [9.17, 15) is 5.11 Å². The minimum atomic E-state index is -0.139. The third-order valence-electron chi connectivity index (χ3n) is 5.51. The molecule has 0 amide bonds. The Bertz CT molecular complexity index is 1640. The molecular formula is C25H15Cl4N2O+. The van der Waals surface area contributed by atoms with Crippen LogP contribution in [-0.4, -0.2) is 10.1 Å². The van der Waals surface area contributed by atoms with Gasteiger partial charge in [0.15, 0.2) is 5.88 Å². The van der Waals surface area contributed by atoms with Crippen molar-refractivity contribution in [3.8, 4) is 17.0 Å². The van der Waals surface area contributed by atoms with Crippen molar-refractivity contribution < 1.29 is 9.35 Å². The predicted octanol–water partition coefficient (Wildman–Crippen LogP) is 7.06. The fourth-order valence-corrected chi connectivity index (χ4v) is 5.02. The van der Waals surface area contributed by atoms with E-state index in [1.54, 1.807) is 0 Å². The lowest BCUT2D eigenvalue weighted by atomic mass is 10.0. The molecule has 0 unspecified atom stereocenters. The third kappa shape index (κ3) is 3.25. The van der Waals surface area contributed by atoms with Gasteiger partial charge < -0.3 is 10.1 Å². The van der Waals surface area contributed by atoms with Crippen molar-refractivity contribution >= 4 is 74.2 Å². The van der Waals surface area contributed by atoms with Crippen molar-refractivity contribution in [3.63, 3.8) is 0 Å². The van der Waals surface area contributed by atoms with Crippen LogP contribution in [0.3, 0.4) is 0 Å². The van der Waals surface area contributed by atoms with Gasteiger partial charge in [0.05, 0.1) is 36.6 Å². The molecule has 5 rings (SSSR count). The van der Waals surface area contributed by atoms with Gasteiger partial charge in [0, 0.05) is 23.6 Å². The molecule has 0 fully saturated rings. The number of hydrogen-bond donors (Lipinski definition) is 2. The van der Waals surface area contributed by atoms with Gasteiger partial charge in [0.1, 0.15) is 6.72 Å². The maximum atomic E-state index is 10.5. The van der Waals surface area contributed by atoms with E-state index in [-0.39, 0.29) is 26.0 Å². The number of aromatic amines is 1. The van der Waals surface area contributed by atoms with Gasteiger partial charge in [-0.05, 0) is 17.2 Å². The summed E-state index contributed by atoms with van der Waals surface area (Å²) in [6.07, 6.45) is 1.83. The van der Waals surface area contributed by atoms with Crippen LogP contribution in [0, 0.1) is 6.72 Å². The standard InChI is InChI=1S/C25H14Cl4N2O/c1-31-14(10-11-16-15(8-5-9-18(16)31)13-6-3-2-4-7-13)12-17-19-20(25(32)30-17)22(27)24(29)23(28)21(19)26/h2-12,30H,1H2/p+1/b14-12-. The van der Waals surface area contributed by atoms with Gasteiger partial charge >= 0.3 is 0 Å². The zero-order valence-corrected chi connectivity index (χ0v) is 19.5. The molecule has 0 atom stereocenters. The number of aromatic hydroxyl groups is 1. The number of nitrogens with one attached hydrogen (secondary N) is 1. The number of halogens is 4. The van der Waals surface area contributed by atoms with Crippen molar-refractivity contribution in [3.05, 3.63) is 98.5 Å². The van der Waals surface area contributed by atoms with Crippen LogP contribution in [0.4, 0.5) is 0 Å². The lowest BCUT2D eigenvalue weighted by Gasteiger charge is -2.05. The topological polar surface area (TPSA) is 41.9 Å². The van der Waals surface area contributed by atoms with Crippen molar-refractivity contribution in [1.82, 2.24) is 4.98 Å². The van der Waals surface area contributed by atoms with Crippen LogP contribution in [0.15, 0.2) is 60.7 Å². The summed E-state index contributed by atoms with van der Waals surface area (Å²) in [6, 6.07) is 20.3. The normalized spacial score (nSPS) is 12.2. The molecule has 2 heterocycles. The van der Waals surface area contributed by atoms with Crippen molar-refractivity contribution in [2.75, 3.05) is 0 Å². The first kappa shape index (κ1) is 21.2. The molecule has 0 aliphatic heterocycles. The molecule has 2 aromatic heterocycles. The molecule has 158 valence electrons. The van der Waals surface area contributed by atoms with Gasteiger partial charge in [0.25, 0.3) is 0 Å². The Balaban J connectivity index is 1.79. The Morgan fingerprint density at radius 3 is 2.19 bits per heavy atom. The molecule has 0 radical (unpaired) electrons. The van der Waals surface area contributed by atoms with E-state index in [2.05, 4.69) is 36.0 Å². The average molecular weight is 501 g/mol. The fourth-order valence-electron chi connectivity index (χ4n) is 3.97. The molecule has 0 saturated heterocycles. The van der Waals surface area contributed by atoms with E-state index >= 15 is 0 Å². The van der Waals surface area contributed by atoms with Crippen molar-refractivity contribution in [2.45, 2.75) is 0 Å². The third-order valence-corrected chi connectivity index (χ3v) is 7.31. The number of aromatic nitrogens is 2. The first-order chi connectivity index (χ1) is 15.4. The van der Waals surface area contributed by atoms with Crippen LogP contribution in [0.25, 0.3) is 38.9 Å². The monoisotopic (exact) mass is 499 g/mol. The second-order valence-corrected chi connectivity index (χ2v) is 8.84. The van der Waals surface area contributed by atoms with Gasteiger partial charge in [-0.15, -0.1) is 0 Å². The first-order valence-electron chi connectivity index (χ1n) is 9.64. The lowest BCUT2D eigenvalue weighted by Crippen LogP contribution is -2.35. The molecule has 0 spiro atoms. The lowest BCUT2D eigenvalue weighted by molar-refractivity contribution is -0.483. The number of pyridine rings is 1. The highest BCUT2D eigenvalue weighted by Gasteiger charge is 2.22. The Kier molecular flexibility index (Phi) is 5.31. The van der Waals surface area contributed by atoms with Crippen LogP contribution in [0.2, 0.25) is 20.1 Å². The molecule has 2 N–H and O–H groups in total. The summed E-state index contributed by atoms with van der Waals surface area (Å²) in [5.41, 5.74) is 3.73. The summed E-state index contributed by atoms with van der Waals surface area (Å²) in [5.74, 6) is -0.139. The zero-order chi connectivity index (χ0) is 22.6. The Morgan fingerprint density at radius 2 is 1.47 bits per heavy atom. The molecular weight excluding hydrogens is 486 g/mol. The molecule has 0 saturated carbocycles. The molecule has 0 aliphatic carbocycles. The molecule has 7 heteroatoms. The smallest absolute Gasteiger partial charge is 0.218 e. The number of rotatable bonds is 2. The Hall–Kier alpha value is -2.69. The zero-order valence-electron chi connectivity index (χ0n) is 16.5. The maximum Gasteiger partial charge on any atom is 0.218 e. The van der Waals surface area contributed by atoms with E-state index in [1.165, 1.54) is 0 Å². The molecule has 0 aliphatic rings. The van der Waals surface area contributed by atoms with Crippen LogP contribution in [-0.2, 0) is 0 Å². The maximum absolute atomic E-state index is 10.5. The van der Waals surface area contributed by atoms with Crippen LogP contribution in [0.1, 0.15) is 5.69 Å². The summed E-state index contributed by atoms with van der Waals surface area (Å²) in [6.45, 7) is 4.24. The summed E-state index contributed by atoms with van der Waals surface area (Å²) < 4.78 is 1.83. The first-order valence-corrected chi connectivity index (χ1v) is 11.1. The van der Waals surface area contributed by atoms with Crippen molar-refractivity contribution in [1.29, 1.82) is 0 Å². The van der Waals surface area contributed by atoms with E-state index in [1.807, 2.05) is 46.7 Å². The number of nitrogens with zero attached hydrogens (tertiary/aromatic N) is 1. The highest BCUT2D eigenvalue weighted by atomic mass is 35.5. The second kappa shape index (κ2) is 8.02. The molecule has 3 aromatic carbocycles. The van der Waals surface area contributed by atoms with Gasteiger partial charge in [-0.2, -0.15) is 4.24 Å². The van der Waals surface area contributed by atoms with E-state index in [4.69, 9.17) is 46.4 Å². The number of hydrogen-bond acceptors (Lipinski definition) is 1. The summed E-state index contributed by atoms with van der Waals surface area (Å²) in [7, 11) is 0. The van der Waals surface area contributed by atoms with Gasteiger partial charge in [-0.25, -0.2) is 0 Å². The average Bonchev–Trinajstić information content (AvgIpc) is 3.14. The molecule has 5 aromatic rings. The van der Waals surface area contributed by atoms with Crippen molar-refractivity contribution in [2.24, 2.45) is 0 Å². The van der Waals surface area contributed by atoms with E-state index in [0.29, 0.717) is 16.5 Å². The minimum absolute atomic E-state index is 0.0954. The second-order valence-electron chi connectivity index (χ2n) is 7.33. The number of benzene rings is 3. The number of H-pyrrole nitrogens is 1. The number of fused-ring (bicyclic) bond motifs is 2. The summed E-state index contributed by atoms with van der Waals surface area (Å²) in [5, 5.41) is 13.7. The SMILES string of the molecule is C=[n+]1/c(=C\c2[nH]c(O)c3c(Cl)c(Cl)c(Cl)c(Cl)c23)ccc2c(-c3ccccc3)cccc21. The molecule has 3 nitrogen and oxygen atoms in total. The van der Waals surface area contributed by atoms with E-state index in [0.717, 1.165) is 27.4 Å². The van der Waals surface area contributed by atoms with Crippen LogP contribution >= 0.6 is 46.4 Å². The van der Waals surface area contributed by atoms with Gasteiger partial charge in [-0.1, -0.05) is 88.9 Å². The molecule has 0 bridgehead atoms. The highest BCUT2D eigenvalue weighted by Crippen LogP contribution is 2.47. The Morgan fingerprint density at radius 1 is 0.781 bits per heavy atom. The summed E-state index contributed by atoms with van der Waals surface area (Å²) >= 11 is 25.2. The quantitative estimate of drug-likeness (QED) is 0.152. The van der Waals surface area contributed by atoms with Crippen LogP contribution < -0.4 is 9.59 Å². The summed E-state index contributed by atoms with van der Waals surface area (Å²) in [4.78, 5) is 2.92. The minimum Gasteiger partial charge on any atom is -0.494 e. The van der Waals surface area contributed by atoms with E-state index < -0.39 is 0 Å². The van der Waals surface area contributed by atoms with Gasteiger partial charge in [-0.3, -0.25) is 0 Å². The van der Waals surface area contributed by atoms with Crippen LogP contribution in [0.5, 0.6) is 5.88 Å². The Labute approximate surface area is 203 Å². The largest absolute Gasteiger partial charge is 0.494 e. The van der Waals surface area contributed by atoms with Gasteiger partial charge in [0.2, 0.25) is 10.9 Å². The predicted molar refractivity (Wildman–Crippen MR) is 134 cm³/mol. The highest BCUT2D eigenvalue weighted by molar-refractivity contribution is 6.55. The molecule has 32 heavy (non-hydrogen) atoms.